The predicted molar refractivity (Wildman–Crippen MR) is 76.5 cm³/mol. The van der Waals surface area contributed by atoms with Crippen LogP contribution >= 0.6 is 0 Å². The van der Waals surface area contributed by atoms with Gasteiger partial charge in [0.1, 0.15) is 6.04 Å². The van der Waals surface area contributed by atoms with E-state index in [9.17, 15) is 18.0 Å². The van der Waals surface area contributed by atoms with E-state index in [-0.39, 0.29) is 0 Å². The Balaban J connectivity index is 2.02. The van der Waals surface area contributed by atoms with Crippen molar-refractivity contribution in [2.75, 3.05) is 19.4 Å². The third kappa shape index (κ3) is 4.31. The molecule has 0 aliphatic carbocycles. The fraction of sp³-hybridized carbons (Fsp3) is 0.462. The van der Waals surface area contributed by atoms with Crippen LogP contribution in [0.15, 0.2) is 18.3 Å². The molecule has 2 rings (SSSR count). The number of hydrogen-bond acceptors (Lipinski definition) is 4. The van der Waals surface area contributed by atoms with Crippen LogP contribution in [0.1, 0.15) is 24.4 Å². The third-order valence-corrected chi connectivity index (χ3v) is 3.04. The largest absolute Gasteiger partial charge is 0.435 e. The Morgan fingerprint density at radius 3 is 2.74 bits per heavy atom. The van der Waals surface area contributed by atoms with Gasteiger partial charge in [-0.1, -0.05) is 0 Å². The Kier molecular flexibility index (Phi) is 4.73. The zero-order valence-electron chi connectivity index (χ0n) is 12.8. The number of aromatic nitrogens is 4. The van der Waals surface area contributed by atoms with Crippen molar-refractivity contribution in [3.05, 3.63) is 29.7 Å². The van der Waals surface area contributed by atoms with Gasteiger partial charge in [-0.05, 0) is 27.1 Å². The standard InChI is InChI=1S/C13H17F3N6O/c1-8(22-5-4-10(20-22)13(14,15)16)12(23)17-11-6-9(18-19-11)7-21(2)3/h4-6,8H,7H2,1-3H3,(H2,17,18,19,23). The fourth-order valence-corrected chi connectivity index (χ4v) is 1.90. The smallest absolute Gasteiger partial charge is 0.307 e. The number of alkyl halides is 3. The first-order chi connectivity index (χ1) is 10.7. The second-order valence-corrected chi connectivity index (χ2v) is 5.36. The summed E-state index contributed by atoms with van der Waals surface area (Å²) in [5.74, 6) is -0.202. The maximum Gasteiger partial charge on any atom is 0.435 e. The molecular formula is C13H17F3N6O. The molecule has 1 amide bonds. The maximum absolute atomic E-state index is 12.5. The molecule has 10 heteroatoms. The van der Waals surface area contributed by atoms with E-state index in [4.69, 9.17) is 0 Å². The lowest BCUT2D eigenvalue weighted by Gasteiger charge is -2.11. The highest BCUT2D eigenvalue weighted by atomic mass is 19.4. The third-order valence-electron chi connectivity index (χ3n) is 3.04. The van der Waals surface area contributed by atoms with Gasteiger partial charge >= 0.3 is 6.18 Å². The molecule has 0 saturated carbocycles. The van der Waals surface area contributed by atoms with Crippen LogP contribution < -0.4 is 5.32 Å². The second kappa shape index (κ2) is 6.41. The summed E-state index contributed by atoms with van der Waals surface area (Å²) in [6, 6.07) is 1.59. The van der Waals surface area contributed by atoms with Gasteiger partial charge in [0.15, 0.2) is 11.5 Å². The molecule has 0 saturated heterocycles. The Morgan fingerprint density at radius 1 is 1.48 bits per heavy atom. The van der Waals surface area contributed by atoms with Crippen LogP contribution in [0, 0.1) is 0 Å². The Labute approximate surface area is 130 Å². The van der Waals surface area contributed by atoms with Gasteiger partial charge < -0.3 is 10.2 Å². The average molecular weight is 330 g/mol. The second-order valence-electron chi connectivity index (χ2n) is 5.36. The molecule has 2 heterocycles. The van der Waals surface area contributed by atoms with E-state index in [0.717, 1.165) is 22.6 Å². The van der Waals surface area contributed by atoms with Crippen LogP contribution in [0.2, 0.25) is 0 Å². The maximum atomic E-state index is 12.5. The molecule has 2 aromatic rings. The Morgan fingerprint density at radius 2 is 2.17 bits per heavy atom. The van der Waals surface area contributed by atoms with Gasteiger partial charge in [0.05, 0.1) is 5.69 Å². The zero-order chi connectivity index (χ0) is 17.2. The lowest BCUT2D eigenvalue weighted by atomic mass is 10.3. The van der Waals surface area contributed by atoms with E-state index < -0.39 is 23.8 Å². The fourth-order valence-electron chi connectivity index (χ4n) is 1.90. The minimum atomic E-state index is -4.54. The molecular weight excluding hydrogens is 313 g/mol. The minimum absolute atomic E-state index is 0.307. The summed E-state index contributed by atoms with van der Waals surface area (Å²) in [7, 11) is 3.77. The van der Waals surface area contributed by atoms with Crippen LogP contribution in [-0.2, 0) is 17.5 Å². The average Bonchev–Trinajstić information content (AvgIpc) is 3.05. The topological polar surface area (TPSA) is 78.8 Å². The van der Waals surface area contributed by atoms with Crippen molar-refractivity contribution in [2.45, 2.75) is 25.7 Å². The van der Waals surface area contributed by atoms with Gasteiger partial charge in [0.2, 0.25) is 5.91 Å². The summed E-state index contributed by atoms with van der Waals surface area (Å²) in [4.78, 5) is 14.0. The molecule has 2 aromatic heterocycles. The van der Waals surface area contributed by atoms with Gasteiger partial charge in [-0.15, -0.1) is 0 Å². The van der Waals surface area contributed by atoms with Crippen molar-refractivity contribution in [3.63, 3.8) is 0 Å². The molecule has 126 valence electrons. The van der Waals surface area contributed by atoms with Gasteiger partial charge in [-0.2, -0.15) is 23.4 Å². The molecule has 23 heavy (non-hydrogen) atoms. The molecule has 0 aliphatic heterocycles. The van der Waals surface area contributed by atoms with E-state index in [2.05, 4.69) is 20.6 Å². The highest BCUT2D eigenvalue weighted by molar-refractivity contribution is 5.92. The summed E-state index contributed by atoms with van der Waals surface area (Å²) in [5.41, 5.74) is -0.235. The number of nitrogens with one attached hydrogen (secondary N) is 2. The number of aromatic amines is 1. The normalized spacial score (nSPS) is 13.3. The zero-order valence-corrected chi connectivity index (χ0v) is 12.8. The van der Waals surface area contributed by atoms with Crippen molar-refractivity contribution in [1.82, 2.24) is 24.9 Å². The number of hydrogen-bond donors (Lipinski definition) is 2. The van der Waals surface area contributed by atoms with E-state index in [1.807, 2.05) is 19.0 Å². The summed E-state index contributed by atoms with van der Waals surface area (Å²) in [5, 5.41) is 12.6. The van der Waals surface area contributed by atoms with E-state index >= 15 is 0 Å². The molecule has 7 nitrogen and oxygen atoms in total. The summed E-state index contributed by atoms with van der Waals surface area (Å²) in [6.45, 7) is 2.07. The van der Waals surface area contributed by atoms with Crippen LogP contribution in [0.5, 0.6) is 0 Å². The molecule has 0 aromatic carbocycles. The number of carbonyl (C=O) groups is 1. The number of nitrogens with zero attached hydrogens (tertiary/aromatic N) is 4. The van der Waals surface area contributed by atoms with E-state index in [0.29, 0.717) is 12.4 Å². The van der Waals surface area contributed by atoms with Gasteiger partial charge in [0, 0.05) is 18.8 Å². The van der Waals surface area contributed by atoms with Crippen molar-refractivity contribution < 1.29 is 18.0 Å². The summed E-state index contributed by atoms with van der Waals surface area (Å²) < 4.78 is 38.5. The van der Waals surface area contributed by atoms with Crippen LogP contribution in [-0.4, -0.2) is 44.9 Å². The molecule has 0 fully saturated rings. The van der Waals surface area contributed by atoms with Gasteiger partial charge in [0.25, 0.3) is 0 Å². The molecule has 1 unspecified atom stereocenters. The highest BCUT2D eigenvalue weighted by Gasteiger charge is 2.34. The van der Waals surface area contributed by atoms with Crippen molar-refractivity contribution in [3.8, 4) is 0 Å². The van der Waals surface area contributed by atoms with Crippen molar-refractivity contribution >= 4 is 11.7 Å². The first-order valence-electron chi connectivity index (χ1n) is 6.79. The number of H-pyrrole nitrogens is 1. The number of amides is 1. The molecule has 0 radical (unpaired) electrons. The Hall–Kier alpha value is -2.36. The molecule has 0 aliphatic rings. The summed E-state index contributed by atoms with van der Waals surface area (Å²) >= 11 is 0. The van der Waals surface area contributed by atoms with Crippen LogP contribution in [0.25, 0.3) is 0 Å². The lowest BCUT2D eigenvalue weighted by molar-refractivity contribution is -0.141. The van der Waals surface area contributed by atoms with Gasteiger partial charge in [-0.25, -0.2) is 0 Å². The number of halogens is 3. The summed E-state index contributed by atoms with van der Waals surface area (Å²) in [6.07, 6.45) is -3.42. The van der Waals surface area contributed by atoms with Crippen molar-refractivity contribution in [1.29, 1.82) is 0 Å². The van der Waals surface area contributed by atoms with Crippen molar-refractivity contribution in [2.24, 2.45) is 0 Å². The van der Waals surface area contributed by atoms with E-state index in [1.165, 1.54) is 6.92 Å². The quantitative estimate of drug-likeness (QED) is 0.877. The van der Waals surface area contributed by atoms with Gasteiger partial charge in [-0.3, -0.25) is 14.6 Å². The highest BCUT2D eigenvalue weighted by Crippen LogP contribution is 2.27. The number of rotatable bonds is 5. The Bertz CT molecular complexity index is 675. The molecule has 2 N–H and O–H groups in total. The lowest BCUT2D eigenvalue weighted by Crippen LogP contribution is -2.24. The molecule has 1 atom stereocenters. The monoisotopic (exact) mass is 330 g/mol. The SMILES string of the molecule is CC(C(=O)Nc1cc(CN(C)C)[nH]n1)n1ccc(C(F)(F)F)n1. The first kappa shape index (κ1) is 17.0. The molecule has 0 spiro atoms. The minimum Gasteiger partial charge on any atom is -0.307 e. The molecule has 0 bridgehead atoms. The van der Waals surface area contributed by atoms with Crippen LogP contribution in [0.3, 0.4) is 0 Å². The number of carbonyl (C=O) groups excluding carboxylic acids is 1. The van der Waals surface area contributed by atoms with E-state index in [1.54, 1.807) is 6.07 Å². The predicted octanol–water partition coefficient (Wildman–Crippen LogP) is 1.89. The number of anilines is 1. The first-order valence-corrected chi connectivity index (χ1v) is 6.79. The van der Waals surface area contributed by atoms with Crippen LogP contribution in [0.4, 0.5) is 19.0 Å².